The molecule has 1 aliphatic heterocycles. The molecule has 1 aliphatic rings. The van der Waals surface area contributed by atoms with Gasteiger partial charge in [-0.25, -0.2) is 15.0 Å². The lowest BCUT2D eigenvalue weighted by molar-refractivity contribution is 0.0249. The van der Waals surface area contributed by atoms with Crippen molar-refractivity contribution in [2.45, 2.75) is 18.4 Å². The maximum absolute atomic E-state index is 10.2. The monoisotopic (exact) mass is 376 g/mol. The lowest BCUT2D eigenvalue weighted by atomic mass is 9.92. The smallest absolute Gasteiger partial charge is 0.154 e. The average Bonchev–Trinajstić information content (AvgIpc) is 2.64. The first-order chi connectivity index (χ1) is 12.3. The fourth-order valence-corrected chi connectivity index (χ4v) is 3.07. The second kappa shape index (κ2) is 7.02. The highest BCUT2D eigenvalue weighted by atomic mass is 35.5. The van der Waals surface area contributed by atoms with Crippen molar-refractivity contribution in [3.8, 4) is 0 Å². The van der Waals surface area contributed by atoms with Crippen LogP contribution < -0.4 is 22.1 Å². The SMILES string of the molecule is N=C(c1cc(N)ncc1Cl)c1ncc(N2CCC(O)(CN)CC2)nc1N. The third-order valence-corrected chi connectivity index (χ3v) is 4.87. The van der Waals surface area contributed by atoms with Crippen molar-refractivity contribution in [3.05, 3.63) is 34.7 Å². The Balaban J connectivity index is 1.82. The highest BCUT2D eigenvalue weighted by Crippen LogP contribution is 2.26. The van der Waals surface area contributed by atoms with E-state index in [-0.39, 0.29) is 34.6 Å². The van der Waals surface area contributed by atoms with E-state index in [4.69, 9.17) is 34.2 Å². The Bertz CT molecular complexity index is 835. The van der Waals surface area contributed by atoms with Crippen molar-refractivity contribution in [2.75, 3.05) is 36.0 Å². The van der Waals surface area contributed by atoms with E-state index in [2.05, 4.69) is 15.0 Å². The number of pyridine rings is 1. The Morgan fingerprint density at radius 1 is 1.27 bits per heavy atom. The summed E-state index contributed by atoms with van der Waals surface area (Å²) in [5, 5.41) is 18.8. The summed E-state index contributed by atoms with van der Waals surface area (Å²) in [5.74, 6) is 0.968. The van der Waals surface area contributed by atoms with Crippen LogP contribution in [0.25, 0.3) is 0 Å². The molecule has 0 saturated carbocycles. The third kappa shape index (κ3) is 3.55. The highest BCUT2D eigenvalue weighted by molar-refractivity contribution is 6.35. The summed E-state index contributed by atoms with van der Waals surface area (Å²) in [7, 11) is 0. The molecule has 9 nitrogen and oxygen atoms in total. The fraction of sp³-hybridized carbons (Fsp3) is 0.375. The molecular weight excluding hydrogens is 356 g/mol. The summed E-state index contributed by atoms with van der Waals surface area (Å²) >= 11 is 6.10. The Hall–Kier alpha value is -2.49. The molecule has 3 heterocycles. The fourth-order valence-electron chi connectivity index (χ4n) is 2.87. The summed E-state index contributed by atoms with van der Waals surface area (Å²) in [6.45, 7) is 1.44. The number of nitrogens with zero attached hydrogens (tertiary/aromatic N) is 4. The van der Waals surface area contributed by atoms with Gasteiger partial charge in [0.25, 0.3) is 0 Å². The molecule has 2 aromatic heterocycles. The molecule has 138 valence electrons. The van der Waals surface area contributed by atoms with Gasteiger partial charge in [0.05, 0.1) is 22.5 Å². The molecular formula is C16H21ClN8O. The number of rotatable bonds is 4. The molecule has 0 spiro atoms. The van der Waals surface area contributed by atoms with Crippen LogP contribution in [0.1, 0.15) is 24.1 Å². The maximum Gasteiger partial charge on any atom is 0.154 e. The summed E-state index contributed by atoms with van der Waals surface area (Å²) in [5.41, 5.74) is 17.1. The molecule has 0 radical (unpaired) electrons. The zero-order valence-electron chi connectivity index (χ0n) is 14.1. The molecule has 0 bridgehead atoms. The zero-order chi connectivity index (χ0) is 18.9. The Morgan fingerprint density at radius 3 is 2.58 bits per heavy atom. The van der Waals surface area contributed by atoms with Gasteiger partial charge in [0.15, 0.2) is 5.82 Å². The van der Waals surface area contributed by atoms with Crippen molar-refractivity contribution in [3.63, 3.8) is 0 Å². The lowest BCUT2D eigenvalue weighted by Gasteiger charge is -2.37. The predicted octanol–water partition coefficient (Wildman–Crippen LogP) is 0.396. The van der Waals surface area contributed by atoms with Gasteiger partial charge in [0, 0.05) is 31.4 Å². The normalized spacial score (nSPS) is 16.5. The molecule has 0 aromatic carbocycles. The van der Waals surface area contributed by atoms with Crippen LogP contribution in [0.15, 0.2) is 18.5 Å². The van der Waals surface area contributed by atoms with E-state index >= 15 is 0 Å². The minimum absolute atomic E-state index is 0.0248. The van der Waals surface area contributed by atoms with Crippen LogP contribution in [0.4, 0.5) is 17.5 Å². The molecule has 3 rings (SSSR count). The first kappa shape index (κ1) is 18.3. The zero-order valence-corrected chi connectivity index (χ0v) is 14.9. The molecule has 0 atom stereocenters. The number of aliphatic hydroxyl groups is 1. The molecule has 26 heavy (non-hydrogen) atoms. The van der Waals surface area contributed by atoms with Crippen LogP contribution in [-0.2, 0) is 0 Å². The van der Waals surface area contributed by atoms with Gasteiger partial charge >= 0.3 is 0 Å². The minimum Gasteiger partial charge on any atom is -0.388 e. The number of halogens is 1. The van der Waals surface area contributed by atoms with Crippen LogP contribution >= 0.6 is 11.6 Å². The molecule has 1 fully saturated rings. The Kier molecular flexibility index (Phi) is 4.94. The van der Waals surface area contributed by atoms with E-state index in [1.54, 1.807) is 6.20 Å². The van der Waals surface area contributed by atoms with Crippen LogP contribution in [0.5, 0.6) is 0 Å². The number of hydrogen-bond donors (Lipinski definition) is 5. The summed E-state index contributed by atoms with van der Waals surface area (Å²) in [4.78, 5) is 14.5. The van der Waals surface area contributed by atoms with Gasteiger partial charge in [0.2, 0.25) is 0 Å². The second-order valence-corrected chi connectivity index (χ2v) is 6.75. The van der Waals surface area contributed by atoms with E-state index < -0.39 is 5.60 Å². The van der Waals surface area contributed by atoms with E-state index in [1.807, 2.05) is 4.90 Å². The summed E-state index contributed by atoms with van der Waals surface area (Å²) in [6, 6.07) is 1.50. The van der Waals surface area contributed by atoms with Gasteiger partial charge in [-0.05, 0) is 18.9 Å². The van der Waals surface area contributed by atoms with Crippen molar-refractivity contribution in [1.29, 1.82) is 5.41 Å². The molecule has 0 unspecified atom stereocenters. The topological polar surface area (TPSA) is 164 Å². The van der Waals surface area contributed by atoms with Crippen LogP contribution in [-0.4, -0.2) is 51.0 Å². The molecule has 1 saturated heterocycles. The maximum atomic E-state index is 10.2. The largest absolute Gasteiger partial charge is 0.388 e. The van der Waals surface area contributed by atoms with Crippen LogP contribution in [0.3, 0.4) is 0 Å². The van der Waals surface area contributed by atoms with Crippen molar-refractivity contribution < 1.29 is 5.11 Å². The Morgan fingerprint density at radius 2 is 1.96 bits per heavy atom. The van der Waals surface area contributed by atoms with Crippen LogP contribution in [0, 0.1) is 5.41 Å². The third-order valence-electron chi connectivity index (χ3n) is 4.57. The molecule has 8 N–H and O–H groups in total. The number of nitrogens with two attached hydrogens (primary N) is 3. The highest BCUT2D eigenvalue weighted by Gasteiger charge is 2.31. The first-order valence-corrected chi connectivity index (χ1v) is 8.51. The number of nitrogens with one attached hydrogen (secondary N) is 1. The molecule has 10 heteroatoms. The van der Waals surface area contributed by atoms with Gasteiger partial charge in [-0.1, -0.05) is 11.6 Å². The number of anilines is 3. The number of piperidine rings is 1. The number of hydrogen-bond acceptors (Lipinski definition) is 9. The molecule has 0 amide bonds. The number of aromatic nitrogens is 3. The molecule has 0 aliphatic carbocycles. The standard InChI is InChI=1S/C16H21ClN8O/c17-10-6-22-11(19)5-9(10)13(20)14-15(21)24-12(7-23-14)25-3-1-16(26,8-18)2-4-25/h5-7,20,26H,1-4,8,18H2,(H2,19,22)(H2,21,24). The first-order valence-electron chi connectivity index (χ1n) is 8.13. The second-order valence-electron chi connectivity index (χ2n) is 6.34. The lowest BCUT2D eigenvalue weighted by Crippen LogP contribution is -2.49. The van der Waals surface area contributed by atoms with Gasteiger partial charge in [-0.3, -0.25) is 5.41 Å². The van der Waals surface area contributed by atoms with E-state index in [9.17, 15) is 5.11 Å². The molecule has 2 aromatic rings. The van der Waals surface area contributed by atoms with Gasteiger partial charge in [0.1, 0.15) is 17.3 Å². The van der Waals surface area contributed by atoms with Crippen molar-refractivity contribution in [2.24, 2.45) is 5.73 Å². The van der Waals surface area contributed by atoms with Crippen LogP contribution in [0.2, 0.25) is 5.02 Å². The Labute approximate surface area is 155 Å². The quantitative estimate of drug-likeness (QED) is 0.478. The van der Waals surface area contributed by atoms with Gasteiger partial charge < -0.3 is 27.2 Å². The van der Waals surface area contributed by atoms with Crippen molar-refractivity contribution in [1.82, 2.24) is 15.0 Å². The van der Waals surface area contributed by atoms with Crippen molar-refractivity contribution >= 4 is 34.8 Å². The average molecular weight is 377 g/mol. The summed E-state index contributed by atoms with van der Waals surface area (Å²) < 4.78 is 0. The predicted molar refractivity (Wildman–Crippen MR) is 101 cm³/mol. The number of nitrogen functional groups attached to an aromatic ring is 2. The summed E-state index contributed by atoms with van der Waals surface area (Å²) in [6.07, 6.45) is 4.04. The van der Waals surface area contributed by atoms with E-state index in [0.717, 1.165) is 0 Å². The van der Waals surface area contributed by atoms with E-state index in [1.165, 1.54) is 12.3 Å². The van der Waals surface area contributed by atoms with Gasteiger partial charge in [-0.15, -0.1) is 0 Å². The van der Waals surface area contributed by atoms with Gasteiger partial charge in [-0.2, -0.15) is 0 Å². The minimum atomic E-state index is -0.824. The van der Waals surface area contributed by atoms with E-state index in [0.29, 0.717) is 37.3 Å².